The van der Waals surface area contributed by atoms with Crippen molar-refractivity contribution in [3.63, 3.8) is 0 Å². The molecule has 1 amide bonds. The van der Waals surface area contributed by atoms with Gasteiger partial charge in [0, 0.05) is 18.7 Å². The van der Waals surface area contributed by atoms with Gasteiger partial charge in [0.15, 0.2) is 0 Å². The monoisotopic (exact) mass is 260 g/mol. The number of nitrogens with two attached hydrogens (primary N) is 1. The van der Waals surface area contributed by atoms with E-state index in [0.29, 0.717) is 12.5 Å². The van der Waals surface area contributed by atoms with Crippen LogP contribution in [-0.4, -0.2) is 30.4 Å². The number of amides is 1. The van der Waals surface area contributed by atoms with Crippen LogP contribution >= 0.6 is 0 Å². The first kappa shape index (κ1) is 14.1. The second-order valence-electron chi connectivity index (χ2n) is 5.52. The summed E-state index contributed by atoms with van der Waals surface area (Å²) in [5, 5.41) is 0. The lowest BCUT2D eigenvalue weighted by Gasteiger charge is -2.24. The third-order valence-electron chi connectivity index (χ3n) is 3.95. The van der Waals surface area contributed by atoms with Gasteiger partial charge in [-0.25, -0.2) is 0 Å². The van der Waals surface area contributed by atoms with Crippen molar-refractivity contribution in [1.29, 1.82) is 0 Å². The Labute approximate surface area is 115 Å². The number of carbonyl (C=O) groups excluding carboxylic acids is 1. The van der Waals surface area contributed by atoms with Crippen molar-refractivity contribution in [3.05, 3.63) is 34.9 Å². The lowest BCUT2D eigenvalue weighted by molar-refractivity contribution is 0.0743. The molecule has 1 aliphatic carbocycles. The summed E-state index contributed by atoms with van der Waals surface area (Å²) in [5.41, 5.74) is 9.24. The fourth-order valence-electron chi connectivity index (χ4n) is 2.69. The van der Waals surface area contributed by atoms with E-state index in [4.69, 9.17) is 5.73 Å². The molecule has 19 heavy (non-hydrogen) atoms. The van der Waals surface area contributed by atoms with Crippen molar-refractivity contribution in [3.8, 4) is 0 Å². The highest BCUT2D eigenvalue weighted by atomic mass is 16.2. The molecule has 0 fully saturated rings. The van der Waals surface area contributed by atoms with E-state index in [-0.39, 0.29) is 5.91 Å². The molecular formula is C16H24N2O. The summed E-state index contributed by atoms with van der Waals surface area (Å²) < 4.78 is 0. The Morgan fingerprint density at radius 3 is 2.79 bits per heavy atom. The average Bonchev–Trinajstić information content (AvgIpc) is 2.90. The van der Waals surface area contributed by atoms with Crippen molar-refractivity contribution in [2.75, 3.05) is 19.6 Å². The summed E-state index contributed by atoms with van der Waals surface area (Å²) in [5.74, 6) is 0.482. The molecule has 1 aromatic rings. The molecule has 0 spiro atoms. The molecule has 1 aromatic carbocycles. The van der Waals surface area contributed by atoms with Crippen molar-refractivity contribution < 1.29 is 4.79 Å². The minimum atomic E-state index is 0.137. The second-order valence-corrected chi connectivity index (χ2v) is 5.52. The molecule has 1 aliphatic rings. The highest BCUT2D eigenvalue weighted by molar-refractivity contribution is 5.94. The lowest BCUT2D eigenvalue weighted by atomic mass is 10.0. The van der Waals surface area contributed by atoms with Crippen LogP contribution in [0.3, 0.4) is 0 Å². The summed E-state index contributed by atoms with van der Waals surface area (Å²) in [6.45, 7) is 6.20. The molecule has 1 unspecified atom stereocenters. The van der Waals surface area contributed by atoms with Gasteiger partial charge in [-0.3, -0.25) is 4.79 Å². The number of carbonyl (C=O) groups is 1. The Hall–Kier alpha value is -1.35. The van der Waals surface area contributed by atoms with Crippen LogP contribution in [0.25, 0.3) is 0 Å². The van der Waals surface area contributed by atoms with E-state index in [1.54, 1.807) is 0 Å². The molecular weight excluding hydrogens is 236 g/mol. The number of rotatable bonds is 5. The number of aryl methyl sites for hydroxylation is 2. The highest BCUT2D eigenvalue weighted by Gasteiger charge is 2.18. The van der Waals surface area contributed by atoms with Crippen LogP contribution in [0.15, 0.2) is 18.2 Å². The van der Waals surface area contributed by atoms with Crippen LogP contribution in [0.1, 0.15) is 41.8 Å². The van der Waals surface area contributed by atoms with Gasteiger partial charge in [0.2, 0.25) is 0 Å². The van der Waals surface area contributed by atoms with E-state index in [1.807, 2.05) is 17.9 Å². The topological polar surface area (TPSA) is 46.3 Å². The molecule has 0 aliphatic heterocycles. The molecule has 0 radical (unpaired) electrons. The molecule has 0 saturated heterocycles. The Bertz CT molecular complexity index is 456. The van der Waals surface area contributed by atoms with Gasteiger partial charge < -0.3 is 10.6 Å². The molecule has 2 rings (SSSR count). The minimum absolute atomic E-state index is 0.137. The molecule has 3 heteroatoms. The maximum Gasteiger partial charge on any atom is 0.253 e. The van der Waals surface area contributed by atoms with Crippen LogP contribution in [0, 0.1) is 5.92 Å². The minimum Gasteiger partial charge on any atom is -0.339 e. The molecule has 0 heterocycles. The van der Waals surface area contributed by atoms with E-state index < -0.39 is 0 Å². The zero-order chi connectivity index (χ0) is 13.8. The zero-order valence-electron chi connectivity index (χ0n) is 12.0. The van der Waals surface area contributed by atoms with E-state index in [2.05, 4.69) is 19.1 Å². The molecule has 2 N–H and O–H groups in total. The lowest BCUT2D eigenvalue weighted by Crippen LogP contribution is -2.36. The van der Waals surface area contributed by atoms with Crippen molar-refractivity contribution in [2.45, 2.75) is 33.1 Å². The first-order valence-corrected chi connectivity index (χ1v) is 7.26. The van der Waals surface area contributed by atoms with Crippen LogP contribution in [0.5, 0.6) is 0 Å². The largest absolute Gasteiger partial charge is 0.339 e. The van der Waals surface area contributed by atoms with E-state index >= 15 is 0 Å². The van der Waals surface area contributed by atoms with Gasteiger partial charge in [-0.1, -0.05) is 13.0 Å². The van der Waals surface area contributed by atoms with E-state index in [9.17, 15) is 4.79 Å². The van der Waals surface area contributed by atoms with Gasteiger partial charge in [-0.15, -0.1) is 0 Å². The molecule has 0 saturated carbocycles. The Morgan fingerprint density at radius 1 is 1.37 bits per heavy atom. The van der Waals surface area contributed by atoms with Crippen LogP contribution < -0.4 is 5.73 Å². The van der Waals surface area contributed by atoms with Gasteiger partial charge in [0.05, 0.1) is 0 Å². The standard InChI is InChI=1S/C16H24N2O/c1-3-18(11-12(2)10-17)16(19)15-8-7-13-5-4-6-14(13)9-15/h7-9,12H,3-6,10-11,17H2,1-2H3. The smallest absolute Gasteiger partial charge is 0.253 e. The number of fused-ring (bicyclic) bond motifs is 1. The van der Waals surface area contributed by atoms with Gasteiger partial charge in [0.1, 0.15) is 0 Å². The SMILES string of the molecule is CCN(CC(C)CN)C(=O)c1ccc2c(c1)CCC2. The molecule has 0 aromatic heterocycles. The zero-order valence-corrected chi connectivity index (χ0v) is 12.0. The molecule has 0 bridgehead atoms. The predicted octanol–water partition coefficient (Wildman–Crippen LogP) is 2.23. The van der Waals surface area contributed by atoms with Crippen LogP contribution in [-0.2, 0) is 12.8 Å². The Morgan fingerprint density at radius 2 is 2.11 bits per heavy atom. The van der Waals surface area contributed by atoms with Crippen LogP contribution in [0.4, 0.5) is 0 Å². The molecule has 104 valence electrons. The fraction of sp³-hybridized carbons (Fsp3) is 0.562. The van der Waals surface area contributed by atoms with Gasteiger partial charge in [0.25, 0.3) is 5.91 Å². The van der Waals surface area contributed by atoms with Crippen molar-refractivity contribution in [2.24, 2.45) is 11.7 Å². The molecule has 3 nitrogen and oxygen atoms in total. The first-order valence-electron chi connectivity index (χ1n) is 7.26. The highest BCUT2D eigenvalue weighted by Crippen LogP contribution is 2.23. The summed E-state index contributed by atoms with van der Waals surface area (Å²) >= 11 is 0. The number of nitrogens with zero attached hydrogens (tertiary/aromatic N) is 1. The Kier molecular flexibility index (Phi) is 4.59. The second kappa shape index (κ2) is 6.20. The number of hydrogen-bond donors (Lipinski definition) is 1. The van der Waals surface area contributed by atoms with Gasteiger partial charge in [-0.05, 0) is 61.9 Å². The number of benzene rings is 1. The van der Waals surface area contributed by atoms with Crippen molar-refractivity contribution in [1.82, 2.24) is 4.90 Å². The quantitative estimate of drug-likeness (QED) is 0.882. The maximum absolute atomic E-state index is 12.5. The average molecular weight is 260 g/mol. The maximum atomic E-state index is 12.5. The van der Waals surface area contributed by atoms with Crippen LogP contribution in [0.2, 0.25) is 0 Å². The summed E-state index contributed by atoms with van der Waals surface area (Å²) in [4.78, 5) is 14.4. The fourth-order valence-corrected chi connectivity index (χ4v) is 2.69. The van der Waals surface area contributed by atoms with E-state index in [0.717, 1.165) is 31.5 Å². The summed E-state index contributed by atoms with van der Waals surface area (Å²) in [7, 11) is 0. The third-order valence-corrected chi connectivity index (χ3v) is 3.95. The summed E-state index contributed by atoms with van der Waals surface area (Å²) in [6, 6.07) is 6.18. The summed E-state index contributed by atoms with van der Waals surface area (Å²) in [6.07, 6.45) is 3.49. The third kappa shape index (κ3) is 3.16. The first-order chi connectivity index (χ1) is 9.15. The van der Waals surface area contributed by atoms with Crippen molar-refractivity contribution >= 4 is 5.91 Å². The molecule has 1 atom stereocenters. The van der Waals surface area contributed by atoms with Gasteiger partial charge >= 0.3 is 0 Å². The Balaban J connectivity index is 2.13. The van der Waals surface area contributed by atoms with Gasteiger partial charge in [-0.2, -0.15) is 0 Å². The normalized spacial score (nSPS) is 15.1. The predicted molar refractivity (Wildman–Crippen MR) is 78.3 cm³/mol. The number of hydrogen-bond acceptors (Lipinski definition) is 2. The van der Waals surface area contributed by atoms with E-state index in [1.165, 1.54) is 17.5 Å².